The summed E-state index contributed by atoms with van der Waals surface area (Å²) in [6, 6.07) is 5.97. The Morgan fingerprint density at radius 2 is 2.05 bits per heavy atom. The first kappa shape index (κ1) is 13.8. The van der Waals surface area contributed by atoms with Crippen LogP contribution in [0.25, 0.3) is 0 Å². The van der Waals surface area contributed by atoms with Crippen LogP contribution < -0.4 is 0 Å². The summed E-state index contributed by atoms with van der Waals surface area (Å²) in [5, 5.41) is 9.37. The van der Waals surface area contributed by atoms with Crippen molar-refractivity contribution in [2.75, 3.05) is 0 Å². The monoisotopic (exact) mass is 349 g/mol. The molecule has 6 nitrogen and oxygen atoms in total. The summed E-state index contributed by atoms with van der Waals surface area (Å²) in [5.74, 6) is -1.32. The number of aromatic nitrogens is 2. The van der Waals surface area contributed by atoms with Gasteiger partial charge in [-0.2, -0.15) is 0 Å². The van der Waals surface area contributed by atoms with E-state index in [1.54, 1.807) is 24.3 Å². The van der Waals surface area contributed by atoms with E-state index >= 15 is 0 Å². The number of hydrogen-bond acceptors (Lipinski definition) is 3. The summed E-state index contributed by atoms with van der Waals surface area (Å²) >= 11 is 3.31. The molecule has 2 aromatic rings. The number of benzene rings is 1. The number of aromatic amines is 1. The number of H-pyrrole nitrogens is 1. The Hall–Kier alpha value is -2.15. The number of nitrogens with one attached hydrogen (secondary N) is 1. The molecule has 0 fully saturated rings. The Morgan fingerprint density at radius 1 is 1.33 bits per heavy atom. The fraction of sp³-hybridized carbons (Fsp3) is 0.214. The van der Waals surface area contributed by atoms with Crippen molar-refractivity contribution in [3.63, 3.8) is 0 Å². The van der Waals surface area contributed by atoms with E-state index < -0.39 is 12.0 Å². The second-order valence-electron chi connectivity index (χ2n) is 4.83. The Balaban J connectivity index is 1.93. The average molecular weight is 350 g/mol. The van der Waals surface area contributed by atoms with Gasteiger partial charge in [-0.25, -0.2) is 9.78 Å². The number of imidazole rings is 1. The molecule has 7 heteroatoms. The van der Waals surface area contributed by atoms with Crippen LogP contribution in [0.5, 0.6) is 0 Å². The van der Waals surface area contributed by atoms with Crippen LogP contribution in [0.4, 0.5) is 0 Å². The van der Waals surface area contributed by atoms with Gasteiger partial charge in [0.2, 0.25) is 0 Å². The number of rotatable bonds is 2. The van der Waals surface area contributed by atoms with Crippen LogP contribution in [-0.2, 0) is 17.8 Å². The van der Waals surface area contributed by atoms with Crippen molar-refractivity contribution in [2.24, 2.45) is 0 Å². The van der Waals surface area contributed by atoms with Gasteiger partial charge >= 0.3 is 5.97 Å². The van der Waals surface area contributed by atoms with E-state index in [0.29, 0.717) is 11.3 Å². The number of nitrogens with zero attached hydrogens (tertiary/aromatic N) is 2. The summed E-state index contributed by atoms with van der Waals surface area (Å²) < 4.78 is 0.864. The van der Waals surface area contributed by atoms with E-state index in [0.717, 1.165) is 10.2 Å². The molecule has 108 valence electrons. The summed E-state index contributed by atoms with van der Waals surface area (Å²) in [5.41, 5.74) is 1.97. The number of carbonyl (C=O) groups is 2. The first-order valence-corrected chi connectivity index (χ1v) is 7.16. The topological polar surface area (TPSA) is 86.3 Å². The predicted molar refractivity (Wildman–Crippen MR) is 77.7 cm³/mol. The van der Waals surface area contributed by atoms with Gasteiger partial charge in [0.25, 0.3) is 5.91 Å². The molecular formula is C14H12BrN3O3. The standard InChI is InChI=1S/C14H12BrN3O3/c15-9-3-1-8(2-4-9)13(19)18-6-11-10(16-7-17-11)5-12(18)14(20)21/h1-4,7,12H,5-6H2,(H,16,17)(H,20,21). The van der Waals surface area contributed by atoms with Crippen LogP contribution in [0, 0.1) is 0 Å². The Labute approximate surface area is 128 Å². The molecule has 1 aliphatic rings. The molecule has 0 bridgehead atoms. The molecule has 2 N–H and O–H groups in total. The van der Waals surface area contributed by atoms with Gasteiger partial charge in [-0.1, -0.05) is 15.9 Å². The van der Waals surface area contributed by atoms with Crippen molar-refractivity contribution in [1.82, 2.24) is 14.9 Å². The highest BCUT2D eigenvalue weighted by Gasteiger charge is 2.36. The maximum absolute atomic E-state index is 12.6. The van der Waals surface area contributed by atoms with Gasteiger partial charge in [0.05, 0.1) is 24.3 Å². The maximum atomic E-state index is 12.6. The third kappa shape index (κ3) is 2.56. The van der Waals surface area contributed by atoms with Gasteiger partial charge in [0.15, 0.2) is 0 Å². The third-order valence-corrected chi connectivity index (χ3v) is 4.06. The largest absolute Gasteiger partial charge is 0.480 e. The van der Waals surface area contributed by atoms with Gasteiger partial charge in [0.1, 0.15) is 6.04 Å². The highest BCUT2D eigenvalue weighted by Crippen LogP contribution is 2.23. The predicted octanol–water partition coefficient (Wildman–Crippen LogP) is 1.82. The average Bonchev–Trinajstić information content (AvgIpc) is 2.93. The van der Waals surface area contributed by atoms with E-state index in [1.165, 1.54) is 11.2 Å². The number of carboxylic acids is 1. The summed E-state index contributed by atoms with van der Waals surface area (Å²) in [6.45, 7) is 0.223. The van der Waals surface area contributed by atoms with Crippen molar-refractivity contribution in [3.05, 3.63) is 52.0 Å². The Bertz CT molecular complexity index is 696. The molecule has 1 aliphatic heterocycles. The molecule has 21 heavy (non-hydrogen) atoms. The van der Waals surface area contributed by atoms with E-state index in [-0.39, 0.29) is 18.9 Å². The zero-order valence-electron chi connectivity index (χ0n) is 10.9. The fourth-order valence-corrected chi connectivity index (χ4v) is 2.69. The normalized spacial score (nSPS) is 17.4. The number of carboxylic acid groups (broad SMARTS) is 1. The van der Waals surface area contributed by atoms with Gasteiger partial charge in [-0.05, 0) is 24.3 Å². The lowest BCUT2D eigenvalue weighted by atomic mass is 10.0. The lowest BCUT2D eigenvalue weighted by Crippen LogP contribution is -2.48. The molecule has 0 saturated heterocycles. The van der Waals surface area contributed by atoms with Crippen molar-refractivity contribution < 1.29 is 14.7 Å². The first-order chi connectivity index (χ1) is 10.1. The number of carbonyl (C=O) groups excluding carboxylic acids is 1. The summed E-state index contributed by atoms with van der Waals surface area (Å²) in [6.07, 6.45) is 1.74. The van der Waals surface area contributed by atoms with Gasteiger partial charge in [-0.3, -0.25) is 4.79 Å². The summed E-state index contributed by atoms with van der Waals surface area (Å²) in [7, 11) is 0. The van der Waals surface area contributed by atoms with Crippen molar-refractivity contribution >= 4 is 27.8 Å². The molecule has 2 heterocycles. The minimum Gasteiger partial charge on any atom is -0.480 e. The zero-order valence-corrected chi connectivity index (χ0v) is 12.5. The second-order valence-corrected chi connectivity index (χ2v) is 5.74. The fourth-order valence-electron chi connectivity index (χ4n) is 2.43. The molecule has 0 radical (unpaired) electrons. The molecular weight excluding hydrogens is 338 g/mol. The quantitative estimate of drug-likeness (QED) is 0.865. The third-order valence-electron chi connectivity index (χ3n) is 3.54. The molecule has 0 aliphatic carbocycles. The van der Waals surface area contributed by atoms with Crippen molar-refractivity contribution in [2.45, 2.75) is 19.0 Å². The van der Waals surface area contributed by atoms with Crippen molar-refractivity contribution in [1.29, 1.82) is 0 Å². The van der Waals surface area contributed by atoms with E-state index in [2.05, 4.69) is 25.9 Å². The minimum absolute atomic E-state index is 0.219. The first-order valence-electron chi connectivity index (χ1n) is 6.36. The Morgan fingerprint density at radius 3 is 2.71 bits per heavy atom. The lowest BCUT2D eigenvalue weighted by molar-refractivity contribution is -0.142. The lowest BCUT2D eigenvalue weighted by Gasteiger charge is -2.32. The van der Waals surface area contributed by atoms with Crippen LogP contribution in [0.2, 0.25) is 0 Å². The molecule has 3 rings (SSSR count). The van der Waals surface area contributed by atoms with Crippen LogP contribution in [0.3, 0.4) is 0 Å². The van der Waals surface area contributed by atoms with Gasteiger partial charge < -0.3 is 15.0 Å². The number of fused-ring (bicyclic) bond motifs is 1. The molecule has 1 aromatic carbocycles. The molecule has 1 amide bonds. The molecule has 0 spiro atoms. The van der Waals surface area contributed by atoms with Gasteiger partial charge in [0, 0.05) is 16.5 Å². The SMILES string of the molecule is O=C(O)C1Cc2nc[nH]c2CN1C(=O)c1ccc(Br)cc1. The van der Waals surface area contributed by atoms with E-state index in [1.807, 2.05) is 0 Å². The number of amides is 1. The second kappa shape index (κ2) is 5.33. The highest BCUT2D eigenvalue weighted by atomic mass is 79.9. The maximum Gasteiger partial charge on any atom is 0.326 e. The van der Waals surface area contributed by atoms with Crippen LogP contribution in [0.1, 0.15) is 21.7 Å². The minimum atomic E-state index is -1.02. The zero-order chi connectivity index (χ0) is 15.0. The molecule has 0 saturated carbocycles. The Kier molecular flexibility index (Phi) is 3.50. The van der Waals surface area contributed by atoms with Crippen LogP contribution in [0.15, 0.2) is 35.1 Å². The van der Waals surface area contributed by atoms with E-state index in [9.17, 15) is 14.7 Å². The van der Waals surface area contributed by atoms with Crippen molar-refractivity contribution in [3.8, 4) is 0 Å². The molecule has 1 atom stereocenters. The number of hydrogen-bond donors (Lipinski definition) is 2. The molecule has 1 aromatic heterocycles. The highest BCUT2D eigenvalue weighted by molar-refractivity contribution is 9.10. The van der Waals surface area contributed by atoms with Crippen LogP contribution in [-0.4, -0.2) is 37.9 Å². The summed E-state index contributed by atoms with van der Waals surface area (Å²) in [4.78, 5) is 32.4. The molecule has 1 unspecified atom stereocenters. The van der Waals surface area contributed by atoms with E-state index in [4.69, 9.17) is 0 Å². The van der Waals surface area contributed by atoms with Crippen LogP contribution >= 0.6 is 15.9 Å². The number of halogens is 1. The van der Waals surface area contributed by atoms with Gasteiger partial charge in [-0.15, -0.1) is 0 Å². The smallest absolute Gasteiger partial charge is 0.326 e. The number of aliphatic carboxylic acids is 1.